The minimum atomic E-state index is 0.567. The highest BCUT2D eigenvalue weighted by molar-refractivity contribution is 6.32. The summed E-state index contributed by atoms with van der Waals surface area (Å²) in [6.45, 7) is 3.88. The molecule has 0 bridgehead atoms. The molecule has 2 heterocycles. The monoisotopic (exact) mass is 385 g/mol. The highest BCUT2D eigenvalue weighted by Crippen LogP contribution is 2.43. The standard InChI is InChI=1S/C23H16ClN3O/c1-3-13-7-14-8-15-9-21-19(23(28-2)27-12-26-21)10-17(15)16-5-4-6-25-22(16)18(14)11-20(13)24/h3-7,9-12H,1,8H2,2H3. The molecule has 5 rings (SSSR count). The second kappa shape index (κ2) is 6.43. The lowest BCUT2D eigenvalue weighted by molar-refractivity contribution is 0.402. The van der Waals surface area contributed by atoms with Crippen LogP contribution in [0.4, 0.5) is 0 Å². The first kappa shape index (κ1) is 16.9. The third-order valence-corrected chi connectivity index (χ3v) is 5.52. The molecule has 0 saturated carbocycles. The molecule has 0 atom stereocenters. The molecule has 0 amide bonds. The van der Waals surface area contributed by atoms with E-state index in [0.29, 0.717) is 10.9 Å². The maximum atomic E-state index is 6.48. The Morgan fingerprint density at radius 3 is 2.71 bits per heavy atom. The van der Waals surface area contributed by atoms with Gasteiger partial charge in [0.15, 0.2) is 0 Å². The van der Waals surface area contributed by atoms with Crippen molar-refractivity contribution in [1.29, 1.82) is 0 Å². The van der Waals surface area contributed by atoms with E-state index in [1.807, 2.05) is 18.3 Å². The smallest absolute Gasteiger partial charge is 0.224 e. The van der Waals surface area contributed by atoms with Crippen molar-refractivity contribution in [2.45, 2.75) is 6.42 Å². The Hall–Kier alpha value is -3.24. The second-order valence-corrected chi connectivity index (χ2v) is 7.13. The lowest BCUT2D eigenvalue weighted by atomic mass is 9.96. The van der Waals surface area contributed by atoms with Gasteiger partial charge in [0, 0.05) is 22.3 Å². The maximum Gasteiger partial charge on any atom is 0.224 e. The summed E-state index contributed by atoms with van der Waals surface area (Å²) in [4.78, 5) is 13.4. The van der Waals surface area contributed by atoms with Crippen molar-refractivity contribution in [2.75, 3.05) is 7.11 Å². The zero-order valence-corrected chi connectivity index (χ0v) is 16.0. The number of hydrogen-bond acceptors (Lipinski definition) is 4. The van der Waals surface area contributed by atoms with Crippen LogP contribution >= 0.6 is 11.6 Å². The average Bonchev–Trinajstić information content (AvgIpc) is 2.85. The number of nitrogens with zero attached hydrogens (tertiary/aromatic N) is 3. The molecule has 0 spiro atoms. The third kappa shape index (κ3) is 2.49. The Labute approximate surface area is 167 Å². The number of rotatable bonds is 2. The van der Waals surface area contributed by atoms with Gasteiger partial charge in [-0.15, -0.1) is 0 Å². The molecule has 1 aliphatic carbocycles. The van der Waals surface area contributed by atoms with Gasteiger partial charge in [-0.2, -0.15) is 0 Å². The van der Waals surface area contributed by atoms with E-state index in [9.17, 15) is 0 Å². The van der Waals surface area contributed by atoms with Crippen LogP contribution < -0.4 is 4.74 Å². The van der Waals surface area contributed by atoms with E-state index in [0.717, 1.165) is 45.3 Å². The average molecular weight is 386 g/mol. The van der Waals surface area contributed by atoms with Crippen LogP contribution in [-0.2, 0) is 6.42 Å². The van der Waals surface area contributed by atoms with E-state index in [1.165, 1.54) is 17.5 Å². The van der Waals surface area contributed by atoms with Gasteiger partial charge in [-0.05, 0) is 59.0 Å². The Morgan fingerprint density at radius 1 is 1.04 bits per heavy atom. The van der Waals surface area contributed by atoms with Crippen LogP contribution in [0.15, 0.2) is 55.5 Å². The molecular weight excluding hydrogens is 370 g/mol. The zero-order valence-electron chi connectivity index (χ0n) is 15.2. The predicted molar refractivity (Wildman–Crippen MR) is 113 cm³/mol. The van der Waals surface area contributed by atoms with Crippen LogP contribution in [0.1, 0.15) is 16.7 Å². The summed E-state index contributed by atoms with van der Waals surface area (Å²) in [5.74, 6) is 0.567. The molecular formula is C23H16ClN3O. The van der Waals surface area contributed by atoms with Crippen LogP contribution in [0.5, 0.6) is 5.88 Å². The van der Waals surface area contributed by atoms with Crippen molar-refractivity contribution >= 4 is 28.6 Å². The molecule has 1 aliphatic rings. The lowest BCUT2D eigenvalue weighted by Gasteiger charge is -2.11. The first-order chi connectivity index (χ1) is 13.7. The topological polar surface area (TPSA) is 47.9 Å². The molecule has 5 heteroatoms. The summed E-state index contributed by atoms with van der Waals surface area (Å²) in [7, 11) is 1.62. The van der Waals surface area contributed by atoms with E-state index >= 15 is 0 Å². The van der Waals surface area contributed by atoms with E-state index in [4.69, 9.17) is 21.3 Å². The third-order valence-electron chi connectivity index (χ3n) is 5.19. The quantitative estimate of drug-likeness (QED) is 0.398. The zero-order chi connectivity index (χ0) is 19.3. The molecule has 4 nitrogen and oxygen atoms in total. The van der Waals surface area contributed by atoms with Crippen LogP contribution in [0.2, 0.25) is 5.02 Å². The van der Waals surface area contributed by atoms with E-state index in [2.05, 4.69) is 40.8 Å². The summed E-state index contributed by atoms with van der Waals surface area (Å²) in [6, 6.07) is 12.4. The van der Waals surface area contributed by atoms with Gasteiger partial charge in [-0.1, -0.05) is 30.3 Å². The first-order valence-electron chi connectivity index (χ1n) is 8.92. The number of fused-ring (bicyclic) bond motifs is 6. The van der Waals surface area contributed by atoms with Gasteiger partial charge in [0.25, 0.3) is 0 Å². The highest BCUT2D eigenvalue weighted by atomic mass is 35.5. The van der Waals surface area contributed by atoms with E-state index in [-0.39, 0.29) is 0 Å². The van der Waals surface area contributed by atoms with Gasteiger partial charge in [-0.25, -0.2) is 9.97 Å². The first-order valence-corrected chi connectivity index (χ1v) is 9.29. The lowest BCUT2D eigenvalue weighted by Crippen LogP contribution is -1.96. The van der Waals surface area contributed by atoms with Crippen LogP contribution in [0.25, 0.3) is 39.4 Å². The van der Waals surface area contributed by atoms with Gasteiger partial charge in [0.05, 0.1) is 23.7 Å². The Kier molecular flexibility index (Phi) is 3.88. The number of pyridine rings is 1. The van der Waals surface area contributed by atoms with Crippen molar-refractivity contribution in [3.05, 3.63) is 77.2 Å². The molecule has 0 unspecified atom stereocenters. The summed E-state index contributed by atoms with van der Waals surface area (Å²) in [5, 5.41) is 1.56. The van der Waals surface area contributed by atoms with E-state index < -0.39 is 0 Å². The van der Waals surface area contributed by atoms with Crippen LogP contribution in [0, 0.1) is 0 Å². The molecule has 136 valence electrons. The fraction of sp³-hybridized carbons (Fsp3) is 0.0870. The largest absolute Gasteiger partial charge is 0.480 e. The molecule has 0 saturated heterocycles. The van der Waals surface area contributed by atoms with Gasteiger partial charge in [-0.3, -0.25) is 4.98 Å². The summed E-state index contributed by atoms with van der Waals surface area (Å²) in [6.07, 6.45) is 5.88. The van der Waals surface area contributed by atoms with Gasteiger partial charge in [0.1, 0.15) is 6.33 Å². The number of ether oxygens (including phenoxy) is 1. The van der Waals surface area contributed by atoms with Gasteiger partial charge >= 0.3 is 0 Å². The maximum absolute atomic E-state index is 6.48. The fourth-order valence-corrected chi connectivity index (χ4v) is 4.13. The molecule has 0 aliphatic heterocycles. The summed E-state index contributed by atoms with van der Waals surface area (Å²) in [5.41, 5.74) is 8.26. The second-order valence-electron chi connectivity index (χ2n) is 6.72. The molecule has 0 N–H and O–H groups in total. The van der Waals surface area contributed by atoms with Crippen molar-refractivity contribution in [2.24, 2.45) is 0 Å². The number of aromatic nitrogens is 3. The highest BCUT2D eigenvalue weighted by Gasteiger charge is 2.22. The number of halogens is 1. The minimum Gasteiger partial charge on any atom is -0.480 e. The van der Waals surface area contributed by atoms with Crippen molar-refractivity contribution in [3.63, 3.8) is 0 Å². The molecule has 4 aromatic rings. The van der Waals surface area contributed by atoms with Crippen LogP contribution in [-0.4, -0.2) is 22.1 Å². The Bertz CT molecular complexity index is 1270. The fourth-order valence-electron chi connectivity index (χ4n) is 3.89. The van der Waals surface area contributed by atoms with Crippen molar-refractivity contribution in [3.8, 4) is 28.3 Å². The van der Waals surface area contributed by atoms with Crippen LogP contribution in [0.3, 0.4) is 0 Å². The van der Waals surface area contributed by atoms with E-state index in [1.54, 1.807) is 13.2 Å². The molecule has 0 fully saturated rings. The van der Waals surface area contributed by atoms with Crippen molar-refractivity contribution in [1.82, 2.24) is 15.0 Å². The normalized spacial score (nSPS) is 11.9. The predicted octanol–water partition coefficient (Wildman–Crippen LogP) is 5.57. The van der Waals surface area contributed by atoms with Crippen molar-refractivity contribution < 1.29 is 4.74 Å². The molecule has 0 radical (unpaired) electrons. The number of methoxy groups -OCH3 is 1. The number of benzene rings is 2. The molecule has 2 aromatic heterocycles. The van der Waals surface area contributed by atoms with Gasteiger partial charge in [0.2, 0.25) is 5.88 Å². The SMILES string of the molecule is C=Cc1cc2c(cc1Cl)-c1ncccc1-c1cc3c(OC)ncnc3cc1C2. The molecule has 28 heavy (non-hydrogen) atoms. The van der Waals surface area contributed by atoms with Gasteiger partial charge < -0.3 is 4.74 Å². The summed E-state index contributed by atoms with van der Waals surface area (Å²) >= 11 is 6.48. The Morgan fingerprint density at radius 2 is 1.89 bits per heavy atom. The number of hydrogen-bond donors (Lipinski definition) is 0. The summed E-state index contributed by atoms with van der Waals surface area (Å²) < 4.78 is 5.45. The minimum absolute atomic E-state index is 0.567. The molecule has 2 aromatic carbocycles. The Balaban J connectivity index is 1.88.